The molecule has 0 aliphatic carbocycles. The smallest absolute Gasteiger partial charge is 0.229 e. The van der Waals surface area contributed by atoms with Crippen molar-refractivity contribution in [2.75, 3.05) is 17.3 Å². The lowest BCUT2D eigenvalue weighted by Gasteiger charge is -2.29. The van der Waals surface area contributed by atoms with Gasteiger partial charge in [-0.15, -0.1) is 0 Å². The number of amides is 1. The molecule has 1 amide bonds. The number of rotatable bonds is 7. The standard InChI is InChI=1S/C31H35N5O3S/c1-19-16-23(20(2)35(19)18-22-10-9-15-39-22)28-27(25-11-7-8-14-32-25)34-30(40)36(28)21-12-13-24(26(17-21)38-6)33-29(37)31(3,4)5/h7-17,27-28H,18H2,1-6H3,(H,33,37)(H,34,40)/t27-,28-/m0/s1. The second kappa shape index (κ2) is 10.8. The summed E-state index contributed by atoms with van der Waals surface area (Å²) in [4.78, 5) is 19.5. The average molecular weight is 558 g/mol. The number of ether oxygens (including phenoxy) is 1. The van der Waals surface area contributed by atoms with Crippen LogP contribution >= 0.6 is 12.2 Å². The Morgan fingerprint density at radius 2 is 1.95 bits per heavy atom. The van der Waals surface area contributed by atoms with Gasteiger partial charge in [0.1, 0.15) is 11.5 Å². The number of aryl methyl sites for hydroxylation is 1. The summed E-state index contributed by atoms with van der Waals surface area (Å²) < 4.78 is 13.6. The van der Waals surface area contributed by atoms with Gasteiger partial charge < -0.3 is 29.3 Å². The first-order chi connectivity index (χ1) is 19.1. The van der Waals surface area contributed by atoms with Gasteiger partial charge in [0.15, 0.2) is 5.11 Å². The van der Waals surface area contributed by atoms with Crippen molar-refractivity contribution in [2.45, 2.75) is 53.2 Å². The second-order valence-electron chi connectivity index (χ2n) is 11.1. The van der Waals surface area contributed by atoms with Crippen molar-refractivity contribution in [3.05, 3.63) is 95.5 Å². The summed E-state index contributed by atoms with van der Waals surface area (Å²) in [6.07, 6.45) is 3.50. The van der Waals surface area contributed by atoms with E-state index < -0.39 is 5.41 Å². The fourth-order valence-electron chi connectivity index (χ4n) is 5.12. The molecule has 208 valence electrons. The molecular weight excluding hydrogens is 522 g/mol. The van der Waals surface area contributed by atoms with Crippen LogP contribution in [0.25, 0.3) is 0 Å². The maximum absolute atomic E-state index is 12.7. The monoisotopic (exact) mass is 557 g/mol. The Bertz CT molecular complexity index is 1520. The lowest BCUT2D eigenvalue weighted by atomic mass is 9.95. The molecule has 1 aromatic carbocycles. The van der Waals surface area contributed by atoms with E-state index in [-0.39, 0.29) is 18.0 Å². The predicted molar refractivity (Wildman–Crippen MR) is 161 cm³/mol. The Hall–Kier alpha value is -4.11. The summed E-state index contributed by atoms with van der Waals surface area (Å²) in [6, 6.07) is 17.4. The molecule has 4 aromatic rings. The van der Waals surface area contributed by atoms with Gasteiger partial charge in [-0.25, -0.2) is 0 Å². The van der Waals surface area contributed by atoms with Crippen LogP contribution < -0.4 is 20.3 Å². The molecule has 1 saturated heterocycles. The second-order valence-corrected chi connectivity index (χ2v) is 11.5. The van der Waals surface area contributed by atoms with Crippen molar-refractivity contribution < 1.29 is 13.9 Å². The molecule has 3 aromatic heterocycles. The number of nitrogens with one attached hydrogen (secondary N) is 2. The Morgan fingerprint density at radius 3 is 2.60 bits per heavy atom. The molecule has 2 N–H and O–H groups in total. The Balaban J connectivity index is 1.59. The van der Waals surface area contributed by atoms with Gasteiger partial charge in [0, 0.05) is 34.8 Å². The number of hydrogen-bond acceptors (Lipinski definition) is 5. The van der Waals surface area contributed by atoms with E-state index in [0.29, 0.717) is 23.1 Å². The van der Waals surface area contributed by atoms with Gasteiger partial charge in [0.25, 0.3) is 0 Å². The molecule has 40 heavy (non-hydrogen) atoms. The number of nitrogens with zero attached hydrogens (tertiary/aromatic N) is 3. The van der Waals surface area contributed by atoms with Crippen LogP contribution in [-0.2, 0) is 11.3 Å². The van der Waals surface area contributed by atoms with Crippen LogP contribution in [0.3, 0.4) is 0 Å². The van der Waals surface area contributed by atoms with E-state index in [1.54, 1.807) is 19.6 Å². The van der Waals surface area contributed by atoms with E-state index >= 15 is 0 Å². The van der Waals surface area contributed by atoms with Crippen LogP contribution in [0.5, 0.6) is 5.75 Å². The Morgan fingerprint density at radius 1 is 1.15 bits per heavy atom. The number of hydrogen-bond donors (Lipinski definition) is 2. The maximum atomic E-state index is 12.7. The van der Waals surface area contributed by atoms with Crippen LogP contribution in [0.2, 0.25) is 0 Å². The van der Waals surface area contributed by atoms with Crippen LogP contribution in [-0.4, -0.2) is 27.7 Å². The quantitative estimate of drug-likeness (QED) is 0.258. The minimum absolute atomic E-state index is 0.0889. The molecule has 8 nitrogen and oxygen atoms in total. The molecule has 1 aliphatic heterocycles. The topological polar surface area (TPSA) is 84.6 Å². The van der Waals surface area contributed by atoms with Gasteiger partial charge in [-0.05, 0) is 74.1 Å². The lowest BCUT2D eigenvalue weighted by Crippen LogP contribution is -2.30. The number of anilines is 2. The SMILES string of the molecule is COc1cc(N2C(=S)N[C@@H](c3ccccn3)[C@@H]2c2cc(C)n(Cc3ccco3)c2C)ccc1NC(=O)C(C)(C)C. The van der Waals surface area contributed by atoms with Crippen LogP contribution in [0.1, 0.15) is 61.3 Å². The molecule has 2 atom stereocenters. The van der Waals surface area contributed by atoms with Gasteiger partial charge >= 0.3 is 0 Å². The highest BCUT2D eigenvalue weighted by Gasteiger charge is 2.42. The van der Waals surface area contributed by atoms with Gasteiger partial charge in [0.05, 0.1) is 43.4 Å². The van der Waals surface area contributed by atoms with Gasteiger partial charge in [-0.1, -0.05) is 26.8 Å². The van der Waals surface area contributed by atoms with Crippen LogP contribution in [0.4, 0.5) is 11.4 Å². The summed E-state index contributed by atoms with van der Waals surface area (Å²) in [7, 11) is 1.60. The van der Waals surface area contributed by atoms with E-state index in [1.165, 1.54) is 0 Å². The normalized spacial score (nSPS) is 17.1. The highest BCUT2D eigenvalue weighted by atomic mass is 32.1. The molecule has 0 saturated carbocycles. The van der Waals surface area contributed by atoms with Crippen molar-refractivity contribution in [3.8, 4) is 5.75 Å². The summed E-state index contributed by atoms with van der Waals surface area (Å²) in [5.74, 6) is 1.36. The number of aromatic nitrogens is 2. The maximum Gasteiger partial charge on any atom is 0.229 e. The highest BCUT2D eigenvalue weighted by molar-refractivity contribution is 7.80. The summed E-state index contributed by atoms with van der Waals surface area (Å²) in [5, 5.41) is 7.11. The lowest BCUT2D eigenvalue weighted by molar-refractivity contribution is -0.123. The largest absolute Gasteiger partial charge is 0.494 e. The van der Waals surface area contributed by atoms with Crippen LogP contribution in [0, 0.1) is 19.3 Å². The third-order valence-corrected chi connectivity index (χ3v) is 7.63. The number of thiocarbonyl (C=S) groups is 1. The molecule has 0 bridgehead atoms. The zero-order valence-electron chi connectivity index (χ0n) is 23.7. The Labute approximate surface area is 240 Å². The van der Waals surface area contributed by atoms with E-state index in [4.69, 9.17) is 21.4 Å². The molecule has 4 heterocycles. The summed E-state index contributed by atoms with van der Waals surface area (Å²) in [5.41, 5.74) is 5.20. The number of carbonyl (C=O) groups is 1. The average Bonchev–Trinajstić information content (AvgIpc) is 3.63. The van der Waals surface area contributed by atoms with Crippen molar-refractivity contribution >= 4 is 34.6 Å². The Kier molecular flexibility index (Phi) is 7.42. The number of benzene rings is 1. The van der Waals surface area contributed by atoms with Crippen molar-refractivity contribution in [1.29, 1.82) is 0 Å². The number of pyridine rings is 1. The molecule has 0 spiro atoms. The first-order valence-corrected chi connectivity index (χ1v) is 13.7. The minimum Gasteiger partial charge on any atom is -0.494 e. The van der Waals surface area contributed by atoms with Gasteiger partial charge in [0.2, 0.25) is 5.91 Å². The van der Waals surface area contributed by atoms with Crippen molar-refractivity contribution in [3.63, 3.8) is 0 Å². The molecule has 1 aliphatic rings. The van der Waals surface area contributed by atoms with E-state index in [9.17, 15) is 4.79 Å². The first-order valence-electron chi connectivity index (χ1n) is 13.3. The van der Waals surface area contributed by atoms with Gasteiger partial charge in [-0.3, -0.25) is 9.78 Å². The van der Waals surface area contributed by atoms with E-state index in [1.807, 2.05) is 69.3 Å². The minimum atomic E-state index is -0.538. The highest BCUT2D eigenvalue weighted by Crippen LogP contribution is 2.45. The van der Waals surface area contributed by atoms with E-state index in [2.05, 4.69) is 45.0 Å². The van der Waals surface area contributed by atoms with Crippen LogP contribution in [0.15, 0.2) is 71.5 Å². The van der Waals surface area contributed by atoms with Crippen molar-refractivity contribution in [2.24, 2.45) is 5.41 Å². The molecule has 0 unspecified atom stereocenters. The first kappa shape index (κ1) is 27.5. The fourth-order valence-corrected chi connectivity index (χ4v) is 5.47. The molecule has 5 rings (SSSR count). The summed E-state index contributed by atoms with van der Waals surface area (Å²) >= 11 is 5.94. The predicted octanol–water partition coefficient (Wildman–Crippen LogP) is 6.31. The molecule has 1 fully saturated rings. The number of methoxy groups -OCH3 is 1. The zero-order chi connectivity index (χ0) is 28.6. The van der Waals surface area contributed by atoms with Crippen molar-refractivity contribution in [1.82, 2.24) is 14.9 Å². The number of carbonyl (C=O) groups excluding carboxylic acids is 1. The molecule has 9 heteroatoms. The molecular formula is C31H35N5O3S. The van der Waals surface area contributed by atoms with E-state index in [0.717, 1.165) is 34.1 Å². The third-order valence-electron chi connectivity index (χ3n) is 7.32. The third kappa shape index (κ3) is 5.21. The molecule has 0 radical (unpaired) electrons. The zero-order valence-corrected chi connectivity index (χ0v) is 24.5. The number of furan rings is 1. The summed E-state index contributed by atoms with van der Waals surface area (Å²) in [6.45, 7) is 10.5. The van der Waals surface area contributed by atoms with Gasteiger partial charge in [-0.2, -0.15) is 0 Å². The fraction of sp³-hybridized carbons (Fsp3) is 0.323.